The molecule has 0 radical (unpaired) electrons. The zero-order valence-electron chi connectivity index (χ0n) is 18.4. The number of nitrogens with one attached hydrogen (secondary N) is 2. The fraction of sp³-hybridized carbons (Fsp3) is 0.391. The van der Waals surface area contributed by atoms with Crippen molar-refractivity contribution in [2.75, 3.05) is 5.32 Å². The third-order valence-electron chi connectivity index (χ3n) is 4.75. The number of para-hydroxylation sites is 1. The predicted octanol–water partition coefficient (Wildman–Crippen LogP) is 4.53. The lowest BCUT2D eigenvalue weighted by Gasteiger charge is -2.15. The standard InChI is InChI=1S/C23H29N5O2/c1-13(2)20-11-17(18-12-24-28(15(5)6)21(18)26-20)23(30)27-19-10-8-7-9-16(19)22(29)25-14(3)4/h7-15H,1-6H3,(H,25,29)(H,27,30). The van der Waals surface area contributed by atoms with Crippen LogP contribution in [0.5, 0.6) is 0 Å². The average molecular weight is 408 g/mol. The van der Waals surface area contributed by atoms with Crippen molar-refractivity contribution < 1.29 is 9.59 Å². The van der Waals surface area contributed by atoms with Gasteiger partial charge in [-0.15, -0.1) is 0 Å². The van der Waals surface area contributed by atoms with Crippen LogP contribution in [0.25, 0.3) is 11.0 Å². The highest BCUT2D eigenvalue weighted by molar-refractivity contribution is 6.14. The van der Waals surface area contributed by atoms with E-state index in [0.29, 0.717) is 27.8 Å². The lowest BCUT2D eigenvalue weighted by molar-refractivity contribution is 0.0944. The van der Waals surface area contributed by atoms with Crippen molar-refractivity contribution in [3.63, 3.8) is 0 Å². The zero-order chi connectivity index (χ0) is 22.0. The summed E-state index contributed by atoms with van der Waals surface area (Å²) in [4.78, 5) is 30.6. The van der Waals surface area contributed by atoms with Gasteiger partial charge < -0.3 is 10.6 Å². The molecule has 2 N–H and O–H groups in total. The molecule has 0 saturated carbocycles. The van der Waals surface area contributed by atoms with E-state index in [1.807, 2.05) is 52.3 Å². The number of nitrogens with zero attached hydrogens (tertiary/aromatic N) is 3. The van der Waals surface area contributed by atoms with E-state index in [1.54, 1.807) is 30.5 Å². The van der Waals surface area contributed by atoms with Crippen LogP contribution in [0, 0.1) is 0 Å². The summed E-state index contributed by atoms with van der Waals surface area (Å²) >= 11 is 0. The SMILES string of the molecule is CC(C)NC(=O)c1ccccc1NC(=O)c1cc(C(C)C)nc2c1cnn2C(C)C. The summed E-state index contributed by atoms with van der Waals surface area (Å²) in [5, 5.41) is 10.9. The highest BCUT2D eigenvalue weighted by Gasteiger charge is 2.20. The maximum Gasteiger partial charge on any atom is 0.256 e. The van der Waals surface area contributed by atoms with Crippen LogP contribution >= 0.6 is 0 Å². The number of benzene rings is 1. The van der Waals surface area contributed by atoms with E-state index in [4.69, 9.17) is 4.98 Å². The second-order valence-electron chi connectivity index (χ2n) is 8.30. The number of anilines is 1. The number of fused-ring (bicyclic) bond motifs is 1. The van der Waals surface area contributed by atoms with Crippen LogP contribution in [0.15, 0.2) is 36.5 Å². The first-order valence-electron chi connectivity index (χ1n) is 10.3. The summed E-state index contributed by atoms with van der Waals surface area (Å²) in [5.41, 5.74) is 2.89. The Morgan fingerprint density at radius 1 is 0.967 bits per heavy atom. The van der Waals surface area contributed by atoms with Crippen molar-refractivity contribution in [2.45, 2.75) is 59.5 Å². The van der Waals surface area contributed by atoms with Crippen molar-refractivity contribution >= 4 is 28.5 Å². The summed E-state index contributed by atoms with van der Waals surface area (Å²) in [6.07, 6.45) is 1.68. The maximum absolute atomic E-state index is 13.3. The monoisotopic (exact) mass is 407 g/mol. The van der Waals surface area contributed by atoms with Gasteiger partial charge in [-0.25, -0.2) is 9.67 Å². The Kier molecular flexibility index (Phi) is 6.20. The molecule has 2 amide bonds. The van der Waals surface area contributed by atoms with E-state index >= 15 is 0 Å². The van der Waals surface area contributed by atoms with Crippen molar-refractivity contribution in [3.8, 4) is 0 Å². The molecule has 0 saturated heterocycles. The molecular formula is C23H29N5O2. The number of rotatable bonds is 6. The molecule has 1 aromatic carbocycles. The van der Waals surface area contributed by atoms with Gasteiger partial charge in [0.2, 0.25) is 0 Å². The molecule has 2 heterocycles. The fourth-order valence-electron chi connectivity index (χ4n) is 3.22. The van der Waals surface area contributed by atoms with Gasteiger partial charge in [0, 0.05) is 17.8 Å². The fourth-order valence-corrected chi connectivity index (χ4v) is 3.22. The number of hydrogen-bond donors (Lipinski definition) is 2. The molecule has 30 heavy (non-hydrogen) atoms. The molecule has 7 nitrogen and oxygen atoms in total. The van der Waals surface area contributed by atoms with Gasteiger partial charge in [0.1, 0.15) is 0 Å². The van der Waals surface area contributed by atoms with E-state index in [2.05, 4.69) is 15.7 Å². The van der Waals surface area contributed by atoms with Crippen molar-refractivity contribution in [1.29, 1.82) is 0 Å². The second kappa shape index (κ2) is 8.65. The van der Waals surface area contributed by atoms with Crippen LogP contribution in [0.3, 0.4) is 0 Å². The minimum atomic E-state index is -0.294. The molecule has 3 aromatic rings. The Morgan fingerprint density at radius 3 is 2.30 bits per heavy atom. The topological polar surface area (TPSA) is 88.9 Å². The largest absolute Gasteiger partial charge is 0.350 e. The molecule has 2 aromatic heterocycles. The van der Waals surface area contributed by atoms with Gasteiger partial charge in [-0.3, -0.25) is 9.59 Å². The molecule has 0 aliphatic rings. The number of aromatic nitrogens is 3. The quantitative estimate of drug-likeness (QED) is 0.628. The molecule has 158 valence electrons. The molecule has 0 aliphatic heterocycles. The minimum absolute atomic E-state index is 0.00319. The number of amides is 2. The first-order chi connectivity index (χ1) is 14.2. The molecule has 0 atom stereocenters. The van der Waals surface area contributed by atoms with E-state index in [1.165, 1.54) is 0 Å². The molecule has 0 unspecified atom stereocenters. The summed E-state index contributed by atoms with van der Waals surface area (Å²) in [7, 11) is 0. The first kappa shape index (κ1) is 21.5. The van der Waals surface area contributed by atoms with Gasteiger partial charge in [-0.05, 0) is 51.8 Å². The van der Waals surface area contributed by atoms with Crippen LogP contribution in [0.2, 0.25) is 0 Å². The Hall–Kier alpha value is -3.22. The lowest BCUT2D eigenvalue weighted by Crippen LogP contribution is -2.31. The third-order valence-corrected chi connectivity index (χ3v) is 4.75. The van der Waals surface area contributed by atoms with Crippen molar-refractivity contribution in [1.82, 2.24) is 20.1 Å². The summed E-state index contributed by atoms with van der Waals surface area (Å²) in [6, 6.07) is 8.92. The average Bonchev–Trinajstić information content (AvgIpc) is 3.11. The number of pyridine rings is 1. The Bertz CT molecular complexity index is 1080. The molecule has 0 bridgehead atoms. The summed E-state index contributed by atoms with van der Waals surface area (Å²) in [6.45, 7) is 11.9. The number of hydrogen-bond acceptors (Lipinski definition) is 4. The zero-order valence-corrected chi connectivity index (χ0v) is 18.4. The van der Waals surface area contributed by atoms with Gasteiger partial charge in [0.15, 0.2) is 5.65 Å². The molecule has 0 spiro atoms. The van der Waals surface area contributed by atoms with Crippen molar-refractivity contribution in [2.24, 2.45) is 0 Å². The highest BCUT2D eigenvalue weighted by atomic mass is 16.2. The number of carbonyl (C=O) groups excluding carboxylic acids is 2. The lowest BCUT2D eigenvalue weighted by atomic mass is 10.0. The minimum Gasteiger partial charge on any atom is -0.350 e. The third kappa shape index (κ3) is 4.35. The van der Waals surface area contributed by atoms with Gasteiger partial charge in [0.25, 0.3) is 11.8 Å². The smallest absolute Gasteiger partial charge is 0.256 e. The molecule has 7 heteroatoms. The van der Waals surface area contributed by atoms with E-state index in [9.17, 15) is 9.59 Å². The maximum atomic E-state index is 13.3. The first-order valence-corrected chi connectivity index (χ1v) is 10.3. The van der Waals surface area contributed by atoms with Crippen LogP contribution in [-0.4, -0.2) is 32.6 Å². The Labute approximate surface area is 176 Å². The number of carbonyl (C=O) groups is 2. The van der Waals surface area contributed by atoms with E-state index in [-0.39, 0.29) is 29.8 Å². The Morgan fingerprint density at radius 2 is 1.67 bits per heavy atom. The summed E-state index contributed by atoms with van der Waals surface area (Å²) in [5.74, 6) is -0.366. The molecule has 3 rings (SSSR count). The van der Waals surface area contributed by atoms with Gasteiger partial charge in [-0.1, -0.05) is 26.0 Å². The normalized spacial score (nSPS) is 11.5. The van der Waals surface area contributed by atoms with E-state index in [0.717, 1.165) is 5.69 Å². The van der Waals surface area contributed by atoms with Gasteiger partial charge in [-0.2, -0.15) is 5.10 Å². The summed E-state index contributed by atoms with van der Waals surface area (Å²) < 4.78 is 1.82. The van der Waals surface area contributed by atoms with Crippen LogP contribution in [0.4, 0.5) is 5.69 Å². The van der Waals surface area contributed by atoms with Crippen LogP contribution < -0.4 is 10.6 Å². The Balaban J connectivity index is 2.03. The molecular weight excluding hydrogens is 378 g/mol. The van der Waals surface area contributed by atoms with Gasteiger partial charge >= 0.3 is 0 Å². The van der Waals surface area contributed by atoms with E-state index < -0.39 is 0 Å². The molecule has 0 aliphatic carbocycles. The second-order valence-corrected chi connectivity index (χ2v) is 8.30. The van der Waals surface area contributed by atoms with Crippen molar-refractivity contribution in [3.05, 3.63) is 53.3 Å². The van der Waals surface area contributed by atoms with Crippen LogP contribution in [-0.2, 0) is 0 Å². The van der Waals surface area contributed by atoms with Gasteiger partial charge in [0.05, 0.1) is 28.4 Å². The van der Waals surface area contributed by atoms with Crippen LogP contribution in [0.1, 0.15) is 79.9 Å². The predicted molar refractivity (Wildman–Crippen MR) is 119 cm³/mol. The highest BCUT2D eigenvalue weighted by Crippen LogP contribution is 2.26. The molecule has 0 fully saturated rings.